The second-order valence-corrected chi connectivity index (χ2v) is 5.32. The molecule has 0 aromatic rings. The van der Waals surface area contributed by atoms with E-state index in [1.807, 2.05) is 0 Å². The molecule has 1 saturated carbocycles. The third kappa shape index (κ3) is 4.12. The zero-order valence-corrected chi connectivity index (χ0v) is 10.2. The highest BCUT2D eigenvalue weighted by Gasteiger charge is 2.24. The van der Waals surface area contributed by atoms with Gasteiger partial charge in [-0.2, -0.15) is 0 Å². The van der Waals surface area contributed by atoms with Crippen LogP contribution in [0.25, 0.3) is 0 Å². The van der Waals surface area contributed by atoms with Crippen molar-refractivity contribution in [3.05, 3.63) is 0 Å². The molecule has 0 aromatic carbocycles. The Bertz CT molecular complexity index is 171. The van der Waals surface area contributed by atoms with E-state index in [1.165, 1.54) is 64.8 Å². The van der Waals surface area contributed by atoms with Crippen LogP contribution in [-0.4, -0.2) is 37.6 Å². The highest BCUT2D eigenvalue weighted by atomic mass is 15.1. The molecule has 1 heterocycles. The molecule has 15 heavy (non-hydrogen) atoms. The number of nitrogens with one attached hydrogen (secondary N) is 1. The van der Waals surface area contributed by atoms with Crippen LogP contribution < -0.4 is 5.32 Å². The van der Waals surface area contributed by atoms with Crippen LogP contribution in [0.4, 0.5) is 0 Å². The van der Waals surface area contributed by atoms with Crippen molar-refractivity contribution in [1.29, 1.82) is 0 Å². The van der Waals surface area contributed by atoms with E-state index in [1.54, 1.807) is 0 Å². The van der Waals surface area contributed by atoms with E-state index < -0.39 is 0 Å². The largest absolute Gasteiger partial charge is 0.317 e. The Morgan fingerprint density at radius 2 is 1.80 bits per heavy atom. The van der Waals surface area contributed by atoms with Crippen LogP contribution in [0, 0.1) is 11.8 Å². The van der Waals surface area contributed by atoms with Crippen molar-refractivity contribution in [3.63, 3.8) is 0 Å². The van der Waals surface area contributed by atoms with Gasteiger partial charge in [-0.3, -0.25) is 0 Å². The van der Waals surface area contributed by atoms with Crippen LogP contribution >= 0.6 is 0 Å². The zero-order chi connectivity index (χ0) is 10.5. The highest BCUT2D eigenvalue weighted by Crippen LogP contribution is 2.30. The monoisotopic (exact) mass is 210 g/mol. The number of nitrogens with zero attached hydrogens (tertiary/aromatic N) is 1. The summed E-state index contributed by atoms with van der Waals surface area (Å²) >= 11 is 0. The summed E-state index contributed by atoms with van der Waals surface area (Å²) in [7, 11) is 0. The van der Waals surface area contributed by atoms with Crippen LogP contribution in [0.1, 0.15) is 39.0 Å². The number of hydrogen-bond donors (Lipinski definition) is 1. The maximum atomic E-state index is 3.44. The van der Waals surface area contributed by atoms with Crippen LogP contribution in [0.15, 0.2) is 0 Å². The van der Waals surface area contributed by atoms with Crippen molar-refractivity contribution < 1.29 is 0 Å². The molecular formula is C13H26N2. The van der Waals surface area contributed by atoms with E-state index in [4.69, 9.17) is 0 Å². The van der Waals surface area contributed by atoms with E-state index in [9.17, 15) is 0 Å². The molecular weight excluding hydrogens is 184 g/mol. The molecule has 1 aliphatic carbocycles. The Hall–Kier alpha value is -0.0800. The first-order valence-electron chi connectivity index (χ1n) is 6.81. The summed E-state index contributed by atoms with van der Waals surface area (Å²) < 4.78 is 0. The van der Waals surface area contributed by atoms with E-state index in [0.717, 1.165) is 11.8 Å². The van der Waals surface area contributed by atoms with E-state index in [2.05, 4.69) is 17.1 Å². The Balaban J connectivity index is 1.60. The van der Waals surface area contributed by atoms with Gasteiger partial charge in [0.2, 0.25) is 0 Å². The standard InChI is InChI=1S/C13H26N2/c1-2-15(11-13-3-4-13)10-7-12-5-8-14-9-6-12/h12-14H,2-11H2,1H3. The summed E-state index contributed by atoms with van der Waals surface area (Å²) in [6.07, 6.45) is 7.22. The Kier molecular flexibility index (Phi) is 4.45. The lowest BCUT2D eigenvalue weighted by Gasteiger charge is -2.26. The normalized spacial score (nSPS) is 23.6. The summed E-state index contributed by atoms with van der Waals surface area (Å²) in [5.74, 6) is 2.05. The lowest BCUT2D eigenvalue weighted by atomic mass is 9.94. The fraction of sp³-hybridized carbons (Fsp3) is 1.00. The third-order valence-electron chi connectivity index (χ3n) is 3.97. The predicted octanol–water partition coefficient (Wildman–Crippen LogP) is 2.11. The number of rotatable bonds is 6. The summed E-state index contributed by atoms with van der Waals surface area (Å²) in [5.41, 5.74) is 0. The van der Waals surface area contributed by atoms with Gasteiger partial charge < -0.3 is 10.2 Å². The van der Waals surface area contributed by atoms with Gasteiger partial charge >= 0.3 is 0 Å². The molecule has 2 heteroatoms. The minimum absolute atomic E-state index is 1.000. The predicted molar refractivity (Wildman–Crippen MR) is 65.0 cm³/mol. The van der Waals surface area contributed by atoms with Crippen molar-refractivity contribution in [2.24, 2.45) is 11.8 Å². The molecule has 0 radical (unpaired) electrons. The second-order valence-electron chi connectivity index (χ2n) is 5.32. The smallest absolute Gasteiger partial charge is 0.000954 e. The average molecular weight is 210 g/mol. The van der Waals surface area contributed by atoms with Crippen molar-refractivity contribution in [3.8, 4) is 0 Å². The van der Waals surface area contributed by atoms with Crippen molar-refractivity contribution in [2.45, 2.75) is 39.0 Å². The minimum Gasteiger partial charge on any atom is -0.317 e. The molecule has 1 saturated heterocycles. The number of piperidine rings is 1. The molecule has 0 bridgehead atoms. The lowest BCUT2D eigenvalue weighted by Crippen LogP contribution is -2.32. The SMILES string of the molecule is CCN(CCC1CCNCC1)CC1CC1. The molecule has 1 N–H and O–H groups in total. The highest BCUT2D eigenvalue weighted by molar-refractivity contribution is 4.78. The Morgan fingerprint density at radius 3 is 2.40 bits per heavy atom. The molecule has 0 atom stereocenters. The zero-order valence-electron chi connectivity index (χ0n) is 10.2. The van der Waals surface area contributed by atoms with Crippen LogP contribution in [0.5, 0.6) is 0 Å². The summed E-state index contributed by atoms with van der Waals surface area (Å²) in [5, 5.41) is 3.44. The minimum atomic E-state index is 1.000. The molecule has 2 fully saturated rings. The van der Waals surface area contributed by atoms with Crippen LogP contribution in [0.2, 0.25) is 0 Å². The first-order chi connectivity index (χ1) is 7.38. The van der Waals surface area contributed by atoms with E-state index in [0.29, 0.717) is 0 Å². The quantitative estimate of drug-likeness (QED) is 0.722. The van der Waals surface area contributed by atoms with E-state index in [-0.39, 0.29) is 0 Å². The fourth-order valence-corrected chi connectivity index (χ4v) is 2.58. The van der Waals surface area contributed by atoms with Crippen molar-refractivity contribution >= 4 is 0 Å². The molecule has 2 nitrogen and oxygen atoms in total. The molecule has 0 unspecified atom stereocenters. The van der Waals surface area contributed by atoms with Crippen molar-refractivity contribution in [2.75, 3.05) is 32.7 Å². The molecule has 2 rings (SSSR count). The lowest BCUT2D eigenvalue weighted by molar-refractivity contribution is 0.237. The molecule has 0 aromatic heterocycles. The van der Waals surface area contributed by atoms with Gasteiger partial charge in [0.15, 0.2) is 0 Å². The van der Waals surface area contributed by atoms with Crippen LogP contribution in [-0.2, 0) is 0 Å². The van der Waals surface area contributed by atoms with Gasteiger partial charge in [0.25, 0.3) is 0 Å². The van der Waals surface area contributed by atoms with Gasteiger partial charge in [-0.1, -0.05) is 6.92 Å². The number of hydrogen-bond acceptors (Lipinski definition) is 2. The van der Waals surface area contributed by atoms with Gasteiger partial charge in [-0.25, -0.2) is 0 Å². The van der Waals surface area contributed by atoms with Gasteiger partial charge in [0.05, 0.1) is 0 Å². The van der Waals surface area contributed by atoms with Crippen molar-refractivity contribution in [1.82, 2.24) is 10.2 Å². The molecule has 0 spiro atoms. The first-order valence-corrected chi connectivity index (χ1v) is 6.81. The molecule has 88 valence electrons. The molecule has 0 amide bonds. The van der Waals surface area contributed by atoms with E-state index >= 15 is 0 Å². The maximum absolute atomic E-state index is 3.44. The topological polar surface area (TPSA) is 15.3 Å². The van der Waals surface area contributed by atoms with Gasteiger partial charge in [-0.05, 0) is 70.1 Å². The van der Waals surface area contributed by atoms with Gasteiger partial charge in [0, 0.05) is 6.54 Å². The Morgan fingerprint density at radius 1 is 1.07 bits per heavy atom. The second kappa shape index (κ2) is 5.86. The average Bonchev–Trinajstić information content (AvgIpc) is 3.09. The van der Waals surface area contributed by atoms with Gasteiger partial charge in [-0.15, -0.1) is 0 Å². The summed E-state index contributed by atoms with van der Waals surface area (Å²) in [6.45, 7) is 8.78. The first kappa shape index (κ1) is 11.4. The molecule has 1 aliphatic heterocycles. The molecule has 2 aliphatic rings. The fourth-order valence-electron chi connectivity index (χ4n) is 2.58. The van der Waals surface area contributed by atoms with Crippen LogP contribution in [0.3, 0.4) is 0 Å². The summed E-state index contributed by atoms with van der Waals surface area (Å²) in [4.78, 5) is 2.67. The summed E-state index contributed by atoms with van der Waals surface area (Å²) in [6, 6.07) is 0. The Labute approximate surface area is 94.4 Å². The third-order valence-corrected chi connectivity index (χ3v) is 3.97. The van der Waals surface area contributed by atoms with Gasteiger partial charge in [0.1, 0.15) is 0 Å². The maximum Gasteiger partial charge on any atom is 0.000954 e.